The molecule has 1 aromatic rings. The van der Waals surface area contributed by atoms with Crippen LogP contribution in [0.3, 0.4) is 0 Å². The maximum Gasteiger partial charge on any atom is 0.191 e. The topological polar surface area (TPSA) is 37.0 Å². The van der Waals surface area contributed by atoms with Gasteiger partial charge in [-0.15, -0.1) is 0 Å². The molecule has 0 bridgehead atoms. The van der Waals surface area contributed by atoms with Gasteiger partial charge in [0.1, 0.15) is 6.61 Å². The standard InChI is InChI=1S/C8H5F2O2/c9-6-2-1-5(3-7(6)10)8(12)4-11/h1-3H,4H2. The van der Waals surface area contributed by atoms with E-state index in [0.717, 1.165) is 18.2 Å². The second-order valence-electron chi connectivity index (χ2n) is 2.20. The molecule has 4 heteroatoms. The highest BCUT2D eigenvalue weighted by Crippen LogP contribution is 2.08. The van der Waals surface area contributed by atoms with Crippen LogP contribution in [0.5, 0.6) is 0 Å². The van der Waals surface area contributed by atoms with Crippen LogP contribution in [0.2, 0.25) is 0 Å². The number of carbonyl (C=O) groups excluding carboxylic acids is 1. The van der Waals surface area contributed by atoms with Gasteiger partial charge in [-0.25, -0.2) is 13.9 Å². The zero-order valence-electron chi connectivity index (χ0n) is 6.01. The smallest absolute Gasteiger partial charge is 0.191 e. The van der Waals surface area contributed by atoms with E-state index in [2.05, 4.69) is 0 Å². The third kappa shape index (κ3) is 1.65. The molecule has 1 radical (unpaired) electrons. The fourth-order valence-corrected chi connectivity index (χ4v) is 0.753. The lowest BCUT2D eigenvalue weighted by Crippen LogP contribution is -2.03. The molecular formula is C8H5F2O2. The van der Waals surface area contributed by atoms with Crippen molar-refractivity contribution in [3.8, 4) is 0 Å². The Morgan fingerprint density at radius 1 is 1.25 bits per heavy atom. The fraction of sp³-hybridized carbons (Fsp3) is 0.125. The van der Waals surface area contributed by atoms with E-state index in [-0.39, 0.29) is 5.56 Å². The SMILES string of the molecule is [O]CC(=O)c1ccc(F)c(F)c1. The fourth-order valence-electron chi connectivity index (χ4n) is 0.753. The number of Topliss-reactive ketones (excluding diaryl/α,β-unsaturated/α-hetero) is 1. The lowest BCUT2D eigenvalue weighted by molar-refractivity contribution is 0.0826. The summed E-state index contributed by atoms with van der Waals surface area (Å²) in [5.74, 6) is -2.89. The van der Waals surface area contributed by atoms with E-state index in [0.29, 0.717) is 0 Å². The van der Waals surface area contributed by atoms with Crippen molar-refractivity contribution in [3.63, 3.8) is 0 Å². The monoisotopic (exact) mass is 171 g/mol. The third-order valence-corrected chi connectivity index (χ3v) is 1.37. The van der Waals surface area contributed by atoms with E-state index in [9.17, 15) is 18.7 Å². The zero-order chi connectivity index (χ0) is 9.14. The molecule has 0 atom stereocenters. The van der Waals surface area contributed by atoms with Crippen LogP contribution >= 0.6 is 0 Å². The van der Waals surface area contributed by atoms with Crippen LogP contribution in [-0.4, -0.2) is 12.4 Å². The van der Waals surface area contributed by atoms with Crippen molar-refractivity contribution in [3.05, 3.63) is 35.4 Å². The molecule has 0 fully saturated rings. The van der Waals surface area contributed by atoms with Crippen molar-refractivity contribution >= 4 is 5.78 Å². The van der Waals surface area contributed by atoms with Crippen molar-refractivity contribution in [1.82, 2.24) is 0 Å². The van der Waals surface area contributed by atoms with Crippen LogP contribution in [0, 0.1) is 11.6 Å². The Kier molecular flexibility index (Phi) is 2.50. The van der Waals surface area contributed by atoms with Crippen LogP contribution in [0.1, 0.15) is 10.4 Å². The van der Waals surface area contributed by atoms with Gasteiger partial charge in [-0.2, -0.15) is 0 Å². The summed E-state index contributed by atoms with van der Waals surface area (Å²) in [6.45, 7) is -0.953. The number of rotatable bonds is 2. The van der Waals surface area contributed by atoms with E-state index in [4.69, 9.17) is 0 Å². The number of hydrogen-bond acceptors (Lipinski definition) is 1. The first-order valence-corrected chi connectivity index (χ1v) is 3.21. The highest BCUT2D eigenvalue weighted by molar-refractivity contribution is 5.96. The highest BCUT2D eigenvalue weighted by Gasteiger charge is 2.08. The predicted octanol–water partition coefficient (Wildman–Crippen LogP) is 1.58. The molecule has 0 heterocycles. The molecule has 63 valence electrons. The second kappa shape index (κ2) is 3.40. The first-order chi connectivity index (χ1) is 5.65. The van der Waals surface area contributed by atoms with E-state index < -0.39 is 24.0 Å². The molecular weight excluding hydrogens is 166 g/mol. The molecule has 0 unspecified atom stereocenters. The Labute approximate surface area is 67.4 Å². The van der Waals surface area contributed by atoms with Gasteiger partial charge in [-0.1, -0.05) is 0 Å². The number of carbonyl (C=O) groups is 1. The Morgan fingerprint density at radius 3 is 2.42 bits per heavy atom. The average Bonchev–Trinajstić information content (AvgIpc) is 2.08. The molecule has 0 spiro atoms. The van der Waals surface area contributed by atoms with E-state index in [1.54, 1.807) is 0 Å². The number of benzene rings is 1. The summed E-state index contributed by atoms with van der Waals surface area (Å²) in [4.78, 5) is 10.7. The number of ketones is 1. The summed E-state index contributed by atoms with van der Waals surface area (Å²) < 4.78 is 24.7. The van der Waals surface area contributed by atoms with E-state index >= 15 is 0 Å². The number of hydrogen-bond donors (Lipinski definition) is 0. The molecule has 2 nitrogen and oxygen atoms in total. The molecule has 0 aliphatic heterocycles. The molecule has 0 saturated carbocycles. The van der Waals surface area contributed by atoms with Crippen LogP contribution in [0.15, 0.2) is 18.2 Å². The molecule has 0 amide bonds. The summed E-state index contributed by atoms with van der Waals surface area (Å²) in [7, 11) is 0. The minimum Gasteiger partial charge on any atom is -0.291 e. The molecule has 12 heavy (non-hydrogen) atoms. The lowest BCUT2D eigenvalue weighted by Gasteiger charge is -1.96. The van der Waals surface area contributed by atoms with Crippen LogP contribution in [0.25, 0.3) is 0 Å². The average molecular weight is 171 g/mol. The predicted molar refractivity (Wildman–Crippen MR) is 36.2 cm³/mol. The second-order valence-corrected chi connectivity index (χ2v) is 2.20. The van der Waals surface area contributed by atoms with Gasteiger partial charge in [0.05, 0.1) is 0 Å². The van der Waals surface area contributed by atoms with Crippen LogP contribution in [-0.2, 0) is 5.11 Å². The van der Waals surface area contributed by atoms with Gasteiger partial charge < -0.3 is 0 Å². The molecule has 0 N–H and O–H groups in total. The summed E-state index contributed by atoms with van der Waals surface area (Å²) in [5.41, 5.74) is -0.0936. The van der Waals surface area contributed by atoms with Gasteiger partial charge in [0.15, 0.2) is 17.4 Å². The Bertz CT molecular complexity index is 310. The summed E-state index contributed by atoms with van der Waals surface area (Å²) >= 11 is 0. The molecule has 1 aromatic carbocycles. The molecule has 1 rings (SSSR count). The largest absolute Gasteiger partial charge is 0.291 e. The molecule has 0 saturated heterocycles. The molecule has 0 aliphatic carbocycles. The Morgan fingerprint density at radius 2 is 1.92 bits per heavy atom. The maximum atomic E-state index is 12.4. The van der Waals surface area contributed by atoms with Gasteiger partial charge in [0.2, 0.25) is 0 Å². The summed E-state index contributed by atoms with van der Waals surface area (Å²) in [6.07, 6.45) is 0. The van der Waals surface area contributed by atoms with Gasteiger partial charge in [-0.3, -0.25) is 4.79 Å². The minimum absolute atomic E-state index is 0.0936. The van der Waals surface area contributed by atoms with Crippen molar-refractivity contribution in [1.29, 1.82) is 0 Å². The van der Waals surface area contributed by atoms with Crippen molar-refractivity contribution in [2.24, 2.45) is 0 Å². The van der Waals surface area contributed by atoms with Crippen LogP contribution < -0.4 is 0 Å². The minimum atomic E-state index is -1.12. The quantitative estimate of drug-likeness (QED) is 0.622. The van der Waals surface area contributed by atoms with Gasteiger partial charge in [0, 0.05) is 5.56 Å². The summed E-state index contributed by atoms with van der Waals surface area (Å²) in [5, 5.41) is 10.1. The van der Waals surface area contributed by atoms with E-state index in [1.165, 1.54) is 0 Å². The molecule has 0 aromatic heterocycles. The first-order valence-electron chi connectivity index (χ1n) is 3.21. The van der Waals surface area contributed by atoms with Gasteiger partial charge in [-0.05, 0) is 18.2 Å². The third-order valence-electron chi connectivity index (χ3n) is 1.37. The Balaban J connectivity index is 3.05. The number of halogens is 2. The maximum absolute atomic E-state index is 12.4. The highest BCUT2D eigenvalue weighted by atomic mass is 19.2. The summed E-state index contributed by atoms with van der Waals surface area (Å²) in [6, 6.07) is 2.62. The zero-order valence-corrected chi connectivity index (χ0v) is 6.01. The lowest BCUT2D eigenvalue weighted by atomic mass is 10.1. The van der Waals surface area contributed by atoms with Crippen LogP contribution in [0.4, 0.5) is 8.78 Å². The van der Waals surface area contributed by atoms with Crippen molar-refractivity contribution < 1.29 is 18.7 Å². The first kappa shape index (κ1) is 8.80. The van der Waals surface area contributed by atoms with Gasteiger partial charge >= 0.3 is 0 Å². The van der Waals surface area contributed by atoms with E-state index in [1.807, 2.05) is 0 Å². The van der Waals surface area contributed by atoms with Gasteiger partial charge in [0.25, 0.3) is 0 Å². The van der Waals surface area contributed by atoms with Crippen molar-refractivity contribution in [2.45, 2.75) is 0 Å². The normalized spacial score (nSPS) is 9.92. The Hall–Kier alpha value is -1.29. The van der Waals surface area contributed by atoms with Crippen molar-refractivity contribution in [2.75, 3.05) is 6.61 Å². The molecule has 0 aliphatic rings.